The van der Waals surface area contributed by atoms with Gasteiger partial charge in [-0.3, -0.25) is 0 Å². The Morgan fingerprint density at radius 2 is 1.89 bits per heavy atom. The number of ether oxygens (including phenoxy) is 1. The van der Waals surface area contributed by atoms with Crippen molar-refractivity contribution in [2.24, 2.45) is 0 Å². The lowest BCUT2D eigenvalue weighted by molar-refractivity contribution is 0.341. The number of para-hydroxylation sites is 1. The van der Waals surface area contributed by atoms with Crippen LogP contribution in [0.5, 0.6) is 5.75 Å². The van der Waals surface area contributed by atoms with Crippen molar-refractivity contribution >= 4 is 17.4 Å². The Balaban J connectivity index is 2.30. The van der Waals surface area contributed by atoms with Gasteiger partial charge in [-0.2, -0.15) is 0 Å². The first-order chi connectivity index (χ1) is 9.11. The lowest BCUT2D eigenvalue weighted by Gasteiger charge is -2.12. The van der Waals surface area contributed by atoms with E-state index in [9.17, 15) is 0 Å². The minimum Gasteiger partial charge on any atom is -0.492 e. The molecule has 0 saturated carbocycles. The van der Waals surface area contributed by atoms with Crippen LogP contribution in [0.25, 0.3) is 0 Å². The molecule has 2 rings (SSSR count). The number of hydrogen-bond donors (Lipinski definition) is 1. The molecule has 0 aromatic heterocycles. The number of aryl methyl sites for hydroxylation is 2. The Morgan fingerprint density at radius 3 is 2.58 bits per heavy atom. The third-order valence-electron chi connectivity index (χ3n) is 2.88. The van der Waals surface area contributed by atoms with E-state index in [0.29, 0.717) is 12.3 Å². The van der Waals surface area contributed by atoms with Gasteiger partial charge in [0.2, 0.25) is 0 Å². The van der Waals surface area contributed by atoms with Crippen molar-refractivity contribution in [3.63, 3.8) is 0 Å². The number of anilines is 1. The second-order valence-electron chi connectivity index (χ2n) is 4.47. The van der Waals surface area contributed by atoms with Crippen molar-refractivity contribution in [2.45, 2.75) is 30.6 Å². The Bertz CT molecular complexity index is 581. The van der Waals surface area contributed by atoms with E-state index in [-0.39, 0.29) is 0 Å². The summed E-state index contributed by atoms with van der Waals surface area (Å²) in [6.07, 6.45) is 0. The first-order valence-corrected chi connectivity index (χ1v) is 7.20. The summed E-state index contributed by atoms with van der Waals surface area (Å²) >= 11 is 1.68. The Hall–Kier alpha value is -1.61. The highest BCUT2D eigenvalue weighted by Crippen LogP contribution is 2.38. The molecule has 0 radical (unpaired) electrons. The monoisotopic (exact) mass is 273 g/mol. The Kier molecular flexibility index (Phi) is 4.38. The second kappa shape index (κ2) is 6.02. The fourth-order valence-corrected chi connectivity index (χ4v) is 2.88. The van der Waals surface area contributed by atoms with Crippen molar-refractivity contribution in [3.8, 4) is 5.75 Å². The molecule has 0 heterocycles. The van der Waals surface area contributed by atoms with Crippen LogP contribution in [0.4, 0.5) is 5.69 Å². The quantitative estimate of drug-likeness (QED) is 0.837. The van der Waals surface area contributed by atoms with Crippen LogP contribution in [0, 0.1) is 13.8 Å². The van der Waals surface area contributed by atoms with Crippen LogP contribution in [-0.2, 0) is 0 Å². The van der Waals surface area contributed by atoms with Gasteiger partial charge < -0.3 is 10.5 Å². The zero-order valence-electron chi connectivity index (χ0n) is 11.6. The largest absolute Gasteiger partial charge is 0.492 e. The molecule has 0 spiro atoms. The normalized spacial score (nSPS) is 10.5. The van der Waals surface area contributed by atoms with Gasteiger partial charge in [-0.15, -0.1) is 0 Å². The fraction of sp³-hybridized carbons (Fsp3) is 0.250. The van der Waals surface area contributed by atoms with Gasteiger partial charge in [-0.25, -0.2) is 0 Å². The van der Waals surface area contributed by atoms with Gasteiger partial charge in [-0.05, 0) is 44.5 Å². The number of hydrogen-bond acceptors (Lipinski definition) is 3. The standard InChI is InChI=1S/C16H19NOS/c1-4-18-13-6-5-7-15(16(13)17)19-14-9-8-11(2)10-12(14)3/h5-10H,4,17H2,1-3H3. The number of nitrogens with two attached hydrogens (primary N) is 1. The van der Waals surface area contributed by atoms with Crippen LogP contribution < -0.4 is 10.5 Å². The van der Waals surface area contributed by atoms with Gasteiger partial charge >= 0.3 is 0 Å². The molecule has 0 unspecified atom stereocenters. The summed E-state index contributed by atoms with van der Waals surface area (Å²) in [5.41, 5.74) is 9.41. The van der Waals surface area contributed by atoms with E-state index in [1.165, 1.54) is 16.0 Å². The molecule has 0 aliphatic heterocycles. The van der Waals surface area contributed by atoms with Crippen LogP contribution in [0.1, 0.15) is 18.1 Å². The summed E-state index contributed by atoms with van der Waals surface area (Å²) < 4.78 is 5.53. The maximum absolute atomic E-state index is 6.15. The van der Waals surface area contributed by atoms with E-state index in [2.05, 4.69) is 32.0 Å². The van der Waals surface area contributed by atoms with Gasteiger partial charge in [0.1, 0.15) is 5.75 Å². The average Bonchev–Trinajstić information content (AvgIpc) is 2.37. The zero-order valence-corrected chi connectivity index (χ0v) is 12.4. The second-order valence-corrected chi connectivity index (χ2v) is 5.56. The predicted molar refractivity (Wildman–Crippen MR) is 82.1 cm³/mol. The third kappa shape index (κ3) is 3.24. The Morgan fingerprint density at radius 1 is 1.11 bits per heavy atom. The molecule has 0 atom stereocenters. The molecule has 0 amide bonds. The van der Waals surface area contributed by atoms with Crippen molar-refractivity contribution in [1.82, 2.24) is 0 Å². The van der Waals surface area contributed by atoms with Crippen LogP contribution in [0.15, 0.2) is 46.2 Å². The maximum atomic E-state index is 6.15. The van der Waals surface area contributed by atoms with Gasteiger partial charge in [0.15, 0.2) is 0 Å². The summed E-state index contributed by atoms with van der Waals surface area (Å²) in [6, 6.07) is 12.4. The maximum Gasteiger partial charge on any atom is 0.143 e. The highest BCUT2D eigenvalue weighted by atomic mass is 32.2. The SMILES string of the molecule is CCOc1cccc(Sc2ccc(C)cc2C)c1N. The van der Waals surface area contributed by atoms with Crippen molar-refractivity contribution in [2.75, 3.05) is 12.3 Å². The molecule has 19 heavy (non-hydrogen) atoms. The molecule has 0 aliphatic rings. The van der Waals surface area contributed by atoms with E-state index >= 15 is 0 Å². The van der Waals surface area contributed by atoms with Crippen molar-refractivity contribution in [3.05, 3.63) is 47.5 Å². The number of benzene rings is 2. The smallest absolute Gasteiger partial charge is 0.143 e. The van der Waals surface area contributed by atoms with Crippen molar-refractivity contribution < 1.29 is 4.74 Å². The highest BCUT2D eigenvalue weighted by molar-refractivity contribution is 7.99. The van der Waals surface area contributed by atoms with Crippen LogP contribution in [-0.4, -0.2) is 6.61 Å². The van der Waals surface area contributed by atoms with E-state index in [1.807, 2.05) is 25.1 Å². The summed E-state index contributed by atoms with van der Waals surface area (Å²) in [6.45, 7) is 6.81. The molecule has 2 N–H and O–H groups in total. The molecule has 2 aromatic rings. The lowest BCUT2D eigenvalue weighted by Crippen LogP contribution is -1.98. The van der Waals surface area contributed by atoms with Crippen LogP contribution >= 0.6 is 11.8 Å². The topological polar surface area (TPSA) is 35.2 Å². The third-order valence-corrected chi connectivity index (χ3v) is 4.13. The molecular weight excluding hydrogens is 254 g/mol. The summed E-state index contributed by atoms with van der Waals surface area (Å²) in [5.74, 6) is 0.761. The van der Waals surface area contributed by atoms with Gasteiger partial charge in [-0.1, -0.05) is 35.5 Å². The molecule has 0 bridgehead atoms. The molecule has 2 nitrogen and oxygen atoms in total. The van der Waals surface area contributed by atoms with Crippen LogP contribution in [0.2, 0.25) is 0 Å². The van der Waals surface area contributed by atoms with E-state index < -0.39 is 0 Å². The van der Waals surface area contributed by atoms with E-state index in [0.717, 1.165) is 10.6 Å². The molecular formula is C16H19NOS. The van der Waals surface area contributed by atoms with Crippen LogP contribution in [0.3, 0.4) is 0 Å². The predicted octanol–water partition coefficient (Wildman–Crippen LogP) is 4.44. The number of nitrogen functional groups attached to an aromatic ring is 1. The molecule has 2 aromatic carbocycles. The highest BCUT2D eigenvalue weighted by Gasteiger charge is 2.08. The average molecular weight is 273 g/mol. The lowest BCUT2D eigenvalue weighted by atomic mass is 10.2. The van der Waals surface area contributed by atoms with Crippen molar-refractivity contribution in [1.29, 1.82) is 0 Å². The van der Waals surface area contributed by atoms with Gasteiger partial charge in [0, 0.05) is 9.79 Å². The molecule has 0 saturated heterocycles. The molecule has 0 fully saturated rings. The molecule has 3 heteroatoms. The first kappa shape index (κ1) is 13.8. The van der Waals surface area contributed by atoms with Gasteiger partial charge in [0.05, 0.1) is 12.3 Å². The van der Waals surface area contributed by atoms with Gasteiger partial charge in [0.25, 0.3) is 0 Å². The molecule has 100 valence electrons. The van der Waals surface area contributed by atoms with E-state index in [1.54, 1.807) is 11.8 Å². The number of rotatable bonds is 4. The first-order valence-electron chi connectivity index (χ1n) is 6.38. The molecule has 0 aliphatic carbocycles. The summed E-state index contributed by atoms with van der Waals surface area (Å²) in [5, 5.41) is 0. The minimum atomic E-state index is 0.627. The fourth-order valence-electron chi connectivity index (χ4n) is 1.93. The zero-order chi connectivity index (χ0) is 13.8. The minimum absolute atomic E-state index is 0.627. The summed E-state index contributed by atoms with van der Waals surface area (Å²) in [7, 11) is 0. The Labute approximate surface area is 119 Å². The summed E-state index contributed by atoms with van der Waals surface area (Å²) in [4.78, 5) is 2.27. The van der Waals surface area contributed by atoms with E-state index in [4.69, 9.17) is 10.5 Å².